The number of amides is 1. The minimum absolute atomic E-state index is 0.150. The second-order valence-electron chi connectivity index (χ2n) is 6.89. The van der Waals surface area contributed by atoms with Crippen molar-refractivity contribution in [2.24, 2.45) is 0 Å². The van der Waals surface area contributed by atoms with Gasteiger partial charge in [0.05, 0.1) is 0 Å². The number of carbonyl (C=O) groups excluding carboxylic acids is 1. The minimum Gasteiger partial charge on any atom is -0.454 e. The third kappa shape index (κ3) is 4.16. The van der Waals surface area contributed by atoms with E-state index in [1.54, 1.807) is 18.3 Å². The number of ether oxygens (including phenoxy) is 2. The van der Waals surface area contributed by atoms with Crippen molar-refractivity contribution in [1.82, 2.24) is 4.98 Å². The van der Waals surface area contributed by atoms with Crippen molar-refractivity contribution in [2.45, 2.75) is 26.8 Å². The molecule has 29 heavy (non-hydrogen) atoms. The number of fused-ring (bicyclic) bond motifs is 1. The molecule has 0 radical (unpaired) electrons. The summed E-state index contributed by atoms with van der Waals surface area (Å²) in [5.41, 5.74) is 4.64. The van der Waals surface area contributed by atoms with Gasteiger partial charge < -0.3 is 20.1 Å². The van der Waals surface area contributed by atoms with Gasteiger partial charge in [0.25, 0.3) is 5.91 Å². The largest absolute Gasteiger partial charge is 0.454 e. The first kappa shape index (κ1) is 18.8. The molecular weight excluding hydrogens is 366 g/mol. The van der Waals surface area contributed by atoms with Crippen molar-refractivity contribution in [1.29, 1.82) is 0 Å². The molecule has 3 aromatic rings. The number of nitrogens with zero attached hydrogens (tertiary/aromatic N) is 1. The van der Waals surface area contributed by atoms with Crippen LogP contribution in [0, 0.1) is 6.92 Å². The number of nitrogens with one attached hydrogen (secondary N) is 2. The second kappa shape index (κ2) is 8.22. The number of para-hydroxylation sites is 1. The number of aryl methyl sites for hydroxylation is 2. The first-order chi connectivity index (χ1) is 14.1. The molecule has 0 spiro atoms. The van der Waals surface area contributed by atoms with Crippen LogP contribution in [-0.2, 0) is 13.0 Å². The number of pyridine rings is 1. The number of benzene rings is 2. The summed E-state index contributed by atoms with van der Waals surface area (Å²) in [6, 6.07) is 15.3. The van der Waals surface area contributed by atoms with Gasteiger partial charge in [-0.2, -0.15) is 0 Å². The lowest BCUT2D eigenvalue weighted by molar-refractivity contribution is 0.102. The third-order valence-electron chi connectivity index (χ3n) is 4.91. The molecule has 2 N–H and O–H groups in total. The molecule has 6 nitrogen and oxygen atoms in total. The van der Waals surface area contributed by atoms with Crippen molar-refractivity contribution < 1.29 is 14.3 Å². The normalized spacial score (nSPS) is 11.9. The summed E-state index contributed by atoms with van der Waals surface area (Å²) in [6.45, 7) is 4.90. The van der Waals surface area contributed by atoms with Crippen molar-refractivity contribution in [3.8, 4) is 11.5 Å². The van der Waals surface area contributed by atoms with E-state index in [2.05, 4.69) is 22.5 Å². The standard InChI is InChI=1S/C23H23N3O3/c1-3-17-6-4-5-15(2)22(17)26-23(27)18-9-10-24-21(12-18)25-13-16-7-8-19-20(11-16)29-14-28-19/h4-12H,3,13-14H2,1-2H3,(H,24,25)(H,26,27). The van der Waals surface area contributed by atoms with Gasteiger partial charge in [0, 0.05) is 24.0 Å². The van der Waals surface area contributed by atoms with Crippen molar-refractivity contribution in [3.05, 3.63) is 77.0 Å². The van der Waals surface area contributed by atoms with Gasteiger partial charge in [-0.1, -0.05) is 31.2 Å². The van der Waals surface area contributed by atoms with Gasteiger partial charge in [0.2, 0.25) is 6.79 Å². The fraction of sp³-hybridized carbons (Fsp3) is 0.217. The molecule has 148 valence electrons. The fourth-order valence-electron chi connectivity index (χ4n) is 3.30. The Morgan fingerprint density at radius 2 is 1.97 bits per heavy atom. The van der Waals surface area contributed by atoms with E-state index in [1.807, 2.05) is 43.3 Å². The van der Waals surface area contributed by atoms with E-state index in [0.29, 0.717) is 17.9 Å². The van der Waals surface area contributed by atoms with Crippen LogP contribution in [0.2, 0.25) is 0 Å². The predicted octanol–water partition coefficient (Wildman–Crippen LogP) is 4.55. The molecule has 0 saturated heterocycles. The maximum atomic E-state index is 12.8. The molecule has 0 atom stereocenters. The average molecular weight is 389 g/mol. The zero-order valence-corrected chi connectivity index (χ0v) is 16.5. The summed E-state index contributed by atoms with van der Waals surface area (Å²) in [4.78, 5) is 17.1. The number of hydrogen-bond acceptors (Lipinski definition) is 5. The van der Waals surface area contributed by atoms with E-state index in [1.165, 1.54) is 0 Å². The minimum atomic E-state index is -0.150. The van der Waals surface area contributed by atoms with E-state index in [0.717, 1.165) is 40.3 Å². The van der Waals surface area contributed by atoms with E-state index in [4.69, 9.17) is 9.47 Å². The second-order valence-corrected chi connectivity index (χ2v) is 6.89. The highest BCUT2D eigenvalue weighted by molar-refractivity contribution is 6.05. The van der Waals surface area contributed by atoms with E-state index in [9.17, 15) is 4.79 Å². The summed E-state index contributed by atoms with van der Waals surface area (Å²) < 4.78 is 10.7. The molecule has 1 aliphatic rings. The molecule has 0 saturated carbocycles. The Morgan fingerprint density at radius 1 is 1.10 bits per heavy atom. The zero-order valence-electron chi connectivity index (χ0n) is 16.5. The van der Waals surface area contributed by atoms with Crippen molar-refractivity contribution in [2.75, 3.05) is 17.4 Å². The summed E-state index contributed by atoms with van der Waals surface area (Å²) in [7, 11) is 0. The van der Waals surface area contributed by atoms with Crippen LogP contribution in [0.15, 0.2) is 54.7 Å². The molecule has 6 heteroatoms. The summed E-state index contributed by atoms with van der Waals surface area (Å²) in [5.74, 6) is 1.99. The number of hydrogen-bond donors (Lipinski definition) is 2. The molecule has 0 fully saturated rings. The Kier molecular flexibility index (Phi) is 5.33. The zero-order chi connectivity index (χ0) is 20.2. The Labute approximate surface area is 169 Å². The lowest BCUT2D eigenvalue weighted by Gasteiger charge is -2.13. The van der Waals surface area contributed by atoms with Gasteiger partial charge in [0.15, 0.2) is 11.5 Å². The van der Waals surface area contributed by atoms with Gasteiger partial charge in [-0.05, 0) is 54.3 Å². The highest BCUT2D eigenvalue weighted by Crippen LogP contribution is 2.32. The summed E-state index contributed by atoms with van der Waals surface area (Å²) >= 11 is 0. The van der Waals surface area contributed by atoms with E-state index >= 15 is 0 Å². The van der Waals surface area contributed by atoms with E-state index in [-0.39, 0.29) is 12.7 Å². The van der Waals surface area contributed by atoms with Gasteiger partial charge in [-0.15, -0.1) is 0 Å². The number of carbonyl (C=O) groups is 1. The van der Waals surface area contributed by atoms with Crippen LogP contribution in [-0.4, -0.2) is 17.7 Å². The van der Waals surface area contributed by atoms with Crippen LogP contribution in [0.25, 0.3) is 0 Å². The number of aromatic nitrogens is 1. The van der Waals surface area contributed by atoms with Gasteiger partial charge in [0.1, 0.15) is 5.82 Å². The quantitative estimate of drug-likeness (QED) is 0.647. The Morgan fingerprint density at radius 3 is 2.83 bits per heavy atom. The molecule has 1 aromatic heterocycles. The SMILES string of the molecule is CCc1cccc(C)c1NC(=O)c1ccnc(NCc2ccc3c(c2)OCO3)c1. The fourth-order valence-corrected chi connectivity index (χ4v) is 3.30. The van der Waals surface area contributed by atoms with Gasteiger partial charge in [-0.25, -0.2) is 4.98 Å². The molecule has 0 bridgehead atoms. The topological polar surface area (TPSA) is 72.5 Å². The van der Waals surface area contributed by atoms with Crippen LogP contribution >= 0.6 is 0 Å². The molecule has 1 aliphatic heterocycles. The lowest BCUT2D eigenvalue weighted by atomic mass is 10.1. The molecular formula is C23H23N3O3. The average Bonchev–Trinajstić information content (AvgIpc) is 3.21. The molecule has 2 heterocycles. The van der Waals surface area contributed by atoms with E-state index < -0.39 is 0 Å². The maximum Gasteiger partial charge on any atom is 0.255 e. The highest BCUT2D eigenvalue weighted by Gasteiger charge is 2.14. The van der Waals surface area contributed by atoms with Crippen LogP contribution in [0.3, 0.4) is 0 Å². The molecule has 1 amide bonds. The molecule has 0 aliphatic carbocycles. The third-order valence-corrected chi connectivity index (χ3v) is 4.91. The smallest absolute Gasteiger partial charge is 0.255 e. The van der Waals surface area contributed by atoms with Crippen LogP contribution in [0.5, 0.6) is 11.5 Å². The van der Waals surface area contributed by atoms with Crippen molar-refractivity contribution >= 4 is 17.4 Å². The Hall–Kier alpha value is -3.54. The van der Waals surface area contributed by atoms with Gasteiger partial charge >= 0.3 is 0 Å². The lowest BCUT2D eigenvalue weighted by Crippen LogP contribution is -2.15. The van der Waals surface area contributed by atoms with Crippen LogP contribution in [0.4, 0.5) is 11.5 Å². The molecule has 0 unspecified atom stereocenters. The van der Waals surface area contributed by atoms with Crippen LogP contribution < -0.4 is 20.1 Å². The predicted molar refractivity (Wildman–Crippen MR) is 113 cm³/mol. The first-order valence-electron chi connectivity index (χ1n) is 9.62. The Balaban J connectivity index is 1.45. The summed E-state index contributed by atoms with van der Waals surface area (Å²) in [5, 5.41) is 6.31. The van der Waals surface area contributed by atoms with Gasteiger partial charge in [-0.3, -0.25) is 4.79 Å². The van der Waals surface area contributed by atoms with Crippen molar-refractivity contribution in [3.63, 3.8) is 0 Å². The molecule has 2 aromatic carbocycles. The molecule has 4 rings (SSSR count). The number of anilines is 2. The van der Waals surface area contributed by atoms with Crippen LogP contribution in [0.1, 0.15) is 34.0 Å². The number of rotatable bonds is 6. The monoisotopic (exact) mass is 389 g/mol. The maximum absolute atomic E-state index is 12.8. The summed E-state index contributed by atoms with van der Waals surface area (Å²) in [6.07, 6.45) is 2.49. The first-order valence-corrected chi connectivity index (χ1v) is 9.62. The Bertz CT molecular complexity index is 1050. The highest BCUT2D eigenvalue weighted by atomic mass is 16.7.